The van der Waals surface area contributed by atoms with Crippen LogP contribution >= 0.6 is 11.6 Å². The van der Waals surface area contributed by atoms with E-state index in [4.69, 9.17) is 11.6 Å². The van der Waals surface area contributed by atoms with Gasteiger partial charge in [0.25, 0.3) is 0 Å². The van der Waals surface area contributed by atoms with Gasteiger partial charge in [-0.1, -0.05) is 18.2 Å². The molecule has 0 saturated carbocycles. The average molecular weight is 149 g/mol. The number of carbonyl (C=O) groups excluding carboxylic acids is 1. The summed E-state index contributed by atoms with van der Waals surface area (Å²) >= 11 is 5.34. The summed E-state index contributed by atoms with van der Waals surface area (Å²) < 4.78 is 0. The second-order valence-corrected chi connectivity index (χ2v) is 1.98. The molecular formula is C5H9ClN2O. The number of hydrogen-bond acceptors (Lipinski definition) is 1. The monoisotopic (exact) mass is 148 g/mol. The second kappa shape index (κ2) is 4.21. The van der Waals surface area contributed by atoms with Gasteiger partial charge < -0.3 is 10.6 Å². The normalized spacial score (nSPS) is 8.22. The lowest BCUT2D eigenvalue weighted by Crippen LogP contribution is -2.33. The number of rotatable bonds is 2. The quantitative estimate of drug-likeness (QED) is 0.594. The Morgan fingerprint density at radius 2 is 2.33 bits per heavy atom. The van der Waals surface area contributed by atoms with E-state index >= 15 is 0 Å². The molecule has 0 spiro atoms. The van der Waals surface area contributed by atoms with Crippen molar-refractivity contribution in [3.8, 4) is 0 Å². The van der Waals surface area contributed by atoms with Gasteiger partial charge in [0.05, 0.1) is 6.54 Å². The highest BCUT2D eigenvalue weighted by atomic mass is 35.5. The molecule has 0 aliphatic carbocycles. The summed E-state index contributed by atoms with van der Waals surface area (Å²) in [6.07, 6.45) is 0. The van der Waals surface area contributed by atoms with E-state index in [2.05, 4.69) is 17.2 Å². The topological polar surface area (TPSA) is 41.1 Å². The Hall–Kier alpha value is -0.700. The van der Waals surface area contributed by atoms with Crippen LogP contribution in [0.4, 0.5) is 4.79 Å². The molecule has 2 N–H and O–H groups in total. The lowest BCUT2D eigenvalue weighted by atomic mass is 10.6. The number of amides is 2. The highest BCUT2D eigenvalue weighted by molar-refractivity contribution is 6.29. The summed E-state index contributed by atoms with van der Waals surface area (Å²) in [6, 6.07) is -0.253. The molecule has 0 aliphatic rings. The van der Waals surface area contributed by atoms with Crippen molar-refractivity contribution in [2.24, 2.45) is 0 Å². The van der Waals surface area contributed by atoms with Gasteiger partial charge in [-0.15, -0.1) is 0 Å². The van der Waals surface area contributed by atoms with Crippen molar-refractivity contribution in [1.29, 1.82) is 0 Å². The van der Waals surface area contributed by atoms with E-state index in [1.54, 1.807) is 0 Å². The second-order valence-electron chi connectivity index (χ2n) is 1.45. The van der Waals surface area contributed by atoms with E-state index in [9.17, 15) is 4.79 Å². The van der Waals surface area contributed by atoms with Crippen LogP contribution in [0.2, 0.25) is 0 Å². The predicted molar refractivity (Wildman–Crippen MR) is 37.5 cm³/mol. The summed E-state index contributed by atoms with van der Waals surface area (Å²) in [7, 11) is 1.53. The number of nitrogens with one attached hydrogen (secondary N) is 2. The van der Waals surface area contributed by atoms with Gasteiger partial charge in [-0.25, -0.2) is 4.79 Å². The Bertz CT molecular complexity index is 124. The van der Waals surface area contributed by atoms with Gasteiger partial charge in [-0.05, 0) is 0 Å². The Morgan fingerprint density at radius 3 is 2.67 bits per heavy atom. The van der Waals surface area contributed by atoms with Gasteiger partial charge in [0.15, 0.2) is 0 Å². The molecule has 0 saturated heterocycles. The number of halogens is 1. The SMILES string of the molecule is C=C(Cl)CNC(=O)NC. The molecule has 4 heteroatoms. The predicted octanol–water partition coefficient (Wildman–Crippen LogP) is 0.668. The summed E-state index contributed by atoms with van der Waals surface area (Å²) in [6.45, 7) is 3.69. The van der Waals surface area contributed by atoms with Crippen molar-refractivity contribution in [2.75, 3.05) is 13.6 Å². The summed E-state index contributed by atoms with van der Waals surface area (Å²) in [5.41, 5.74) is 0. The van der Waals surface area contributed by atoms with Crippen LogP contribution in [-0.4, -0.2) is 19.6 Å². The fourth-order valence-electron chi connectivity index (χ4n) is 0.265. The fraction of sp³-hybridized carbons (Fsp3) is 0.400. The molecule has 3 nitrogen and oxygen atoms in total. The number of hydrogen-bond donors (Lipinski definition) is 2. The van der Waals surface area contributed by atoms with Crippen LogP contribution < -0.4 is 10.6 Å². The Balaban J connectivity index is 3.28. The minimum atomic E-state index is -0.253. The molecular weight excluding hydrogens is 140 g/mol. The minimum absolute atomic E-state index is 0.253. The maximum atomic E-state index is 10.4. The van der Waals surface area contributed by atoms with Gasteiger partial charge >= 0.3 is 6.03 Å². The molecule has 52 valence electrons. The van der Waals surface area contributed by atoms with Crippen LogP contribution in [0.3, 0.4) is 0 Å². The molecule has 0 aliphatic heterocycles. The highest BCUT2D eigenvalue weighted by Gasteiger charge is 1.93. The lowest BCUT2D eigenvalue weighted by Gasteiger charge is -2.00. The van der Waals surface area contributed by atoms with Gasteiger partial charge in [-0.2, -0.15) is 0 Å². The minimum Gasteiger partial charge on any atom is -0.341 e. The van der Waals surface area contributed by atoms with Crippen molar-refractivity contribution in [1.82, 2.24) is 10.6 Å². The Kier molecular flexibility index (Phi) is 3.88. The third kappa shape index (κ3) is 5.17. The first-order valence-corrected chi connectivity index (χ1v) is 2.83. The molecule has 0 aromatic heterocycles. The largest absolute Gasteiger partial charge is 0.341 e. The zero-order valence-corrected chi connectivity index (χ0v) is 5.96. The third-order valence-electron chi connectivity index (χ3n) is 0.668. The van der Waals surface area contributed by atoms with E-state index in [1.165, 1.54) is 7.05 Å². The van der Waals surface area contributed by atoms with Crippen molar-refractivity contribution in [3.05, 3.63) is 11.6 Å². The molecule has 0 aromatic carbocycles. The molecule has 0 fully saturated rings. The summed E-state index contributed by atoms with van der Waals surface area (Å²) in [5.74, 6) is 0. The van der Waals surface area contributed by atoms with Crippen molar-refractivity contribution < 1.29 is 4.79 Å². The molecule has 0 rings (SSSR count). The van der Waals surface area contributed by atoms with Crippen LogP contribution in [0, 0.1) is 0 Å². The van der Waals surface area contributed by atoms with Gasteiger partial charge in [0, 0.05) is 12.1 Å². The molecule has 0 bridgehead atoms. The van der Waals surface area contributed by atoms with Crippen molar-refractivity contribution in [3.63, 3.8) is 0 Å². The van der Waals surface area contributed by atoms with E-state index < -0.39 is 0 Å². The third-order valence-corrected chi connectivity index (χ3v) is 0.801. The lowest BCUT2D eigenvalue weighted by molar-refractivity contribution is 0.244. The molecule has 0 unspecified atom stereocenters. The number of urea groups is 1. The molecule has 0 atom stereocenters. The van der Waals surface area contributed by atoms with Gasteiger partial charge in [0.1, 0.15) is 0 Å². The Morgan fingerprint density at radius 1 is 1.78 bits per heavy atom. The molecule has 2 amide bonds. The van der Waals surface area contributed by atoms with E-state index in [0.717, 1.165) is 0 Å². The molecule has 0 radical (unpaired) electrons. The van der Waals surface area contributed by atoms with E-state index in [1.807, 2.05) is 0 Å². The fourth-order valence-corrected chi connectivity index (χ4v) is 0.331. The van der Waals surface area contributed by atoms with E-state index in [0.29, 0.717) is 11.6 Å². The van der Waals surface area contributed by atoms with Crippen LogP contribution in [0.25, 0.3) is 0 Å². The highest BCUT2D eigenvalue weighted by Crippen LogP contribution is 1.90. The van der Waals surface area contributed by atoms with Crippen molar-refractivity contribution >= 4 is 17.6 Å². The zero-order valence-electron chi connectivity index (χ0n) is 5.20. The van der Waals surface area contributed by atoms with Crippen LogP contribution in [0.15, 0.2) is 11.6 Å². The molecule has 0 aromatic rings. The maximum Gasteiger partial charge on any atom is 0.314 e. The number of carbonyl (C=O) groups is 1. The molecule has 0 heterocycles. The summed E-state index contributed by atoms with van der Waals surface area (Å²) in [5, 5.41) is 5.24. The van der Waals surface area contributed by atoms with Gasteiger partial charge in [0.2, 0.25) is 0 Å². The van der Waals surface area contributed by atoms with Crippen LogP contribution in [-0.2, 0) is 0 Å². The first-order chi connectivity index (χ1) is 4.16. The van der Waals surface area contributed by atoms with Gasteiger partial charge in [-0.3, -0.25) is 0 Å². The average Bonchev–Trinajstić information content (AvgIpc) is 1.83. The van der Waals surface area contributed by atoms with Crippen LogP contribution in [0.5, 0.6) is 0 Å². The van der Waals surface area contributed by atoms with E-state index in [-0.39, 0.29) is 6.03 Å². The zero-order chi connectivity index (χ0) is 7.28. The first-order valence-electron chi connectivity index (χ1n) is 2.45. The standard InChI is InChI=1S/C5H9ClN2O/c1-4(6)3-8-5(9)7-2/h1,3H2,2H3,(H2,7,8,9). The Labute approximate surface area is 59.1 Å². The van der Waals surface area contributed by atoms with Crippen molar-refractivity contribution in [2.45, 2.75) is 0 Å². The van der Waals surface area contributed by atoms with Crippen LogP contribution in [0.1, 0.15) is 0 Å². The smallest absolute Gasteiger partial charge is 0.314 e. The first kappa shape index (κ1) is 8.30. The molecule has 9 heavy (non-hydrogen) atoms. The maximum absolute atomic E-state index is 10.4. The summed E-state index contributed by atoms with van der Waals surface area (Å²) in [4.78, 5) is 10.4.